The number of alkyl halides is 2. The number of rotatable bonds is 14. The van der Waals surface area contributed by atoms with Crippen molar-refractivity contribution in [2.75, 3.05) is 75.9 Å². The molecule has 16 nitrogen and oxygen atoms in total. The number of anilines is 2. The van der Waals surface area contributed by atoms with Gasteiger partial charge < -0.3 is 19.1 Å². The monoisotopic (exact) mass is 915 g/mol. The SMILES string of the molecule is CCOc1cc([C@@H](CC#N)N2C(=O)c3cccc(N4CCN(C5CCN(CC(F)(F)c6ccc(Oc7ccc8c(N9CCC(=O)NC9=O)nn(C)c8c7)cc6)CC5)CC4)c3C2=O)ccc1OC. The van der Waals surface area contributed by atoms with Crippen LogP contribution in [0.4, 0.5) is 25.1 Å². The fraction of sp³-hybridized carbons (Fsp3) is 0.388. The number of likely N-dealkylation sites (tertiary alicyclic amines) is 1. The predicted octanol–water partition coefficient (Wildman–Crippen LogP) is 6.85. The summed E-state index contributed by atoms with van der Waals surface area (Å²) in [6.45, 7) is 5.77. The van der Waals surface area contributed by atoms with Crippen LogP contribution in [0.15, 0.2) is 78.9 Å². The van der Waals surface area contributed by atoms with Gasteiger partial charge in [-0.2, -0.15) is 19.1 Å². The molecule has 3 saturated heterocycles. The van der Waals surface area contributed by atoms with Gasteiger partial charge in [-0.1, -0.05) is 12.1 Å². The Bertz CT molecular complexity index is 2760. The highest BCUT2D eigenvalue weighted by Crippen LogP contribution is 2.41. The highest BCUT2D eigenvalue weighted by Gasteiger charge is 2.44. The molecule has 0 radical (unpaired) electrons. The van der Waals surface area contributed by atoms with Gasteiger partial charge in [-0.25, -0.2) is 4.79 Å². The van der Waals surface area contributed by atoms with E-state index in [4.69, 9.17) is 14.2 Å². The van der Waals surface area contributed by atoms with Gasteiger partial charge in [0.2, 0.25) is 5.91 Å². The van der Waals surface area contributed by atoms with Crippen LogP contribution in [0.2, 0.25) is 0 Å². The maximum absolute atomic E-state index is 15.8. The number of fused-ring (bicyclic) bond motifs is 2. The van der Waals surface area contributed by atoms with Gasteiger partial charge >= 0.3 is 6.03 Å². The number of halogens is 2. The van der Waals surface area contributed by atoms with E-state index in [1.807, 2.05) is 17.9 Å². The predicted molar refractivity (Wildman–Crippen MR) is 244 cm³/mol. The van der Waals surface area contributed by atoms with Crippen molar-refractivity contribution in [2.45, 2.75) is 50.6 Å². The van der Waals surface area contributed by atoms with Gasteiger partial charge in [-0.05, 0) is 99.1 Å². The van der Waals surface area contributed by atoms with Gasteiger partial charge in [-0.15, -0.1) is 0 Å². The molecular formula is C49H51F2N9O7. The maximum atomic E-state index is 15.8. The fourth-order valence-corrected chi connectivity index (χ4v) is 9.74. The Kier molecular flexibility index (Phi) is 12.5. The number of hydrogen-bond acceptors (Lipinski definition) is 12. The quantitative estimate of drug-likeness (QED) is 0.115. The van der Waals surface area contributed by atoms with E-state index in [0.29, 0.717) is 108 Å². The molecule has 0 saturated carbocycles. The van der Waals surface area contributed by atoms with Crippen molar-refractivity contribution in [3.05, 3.63) is 101 Å². The number of carbonyl (C=O) groups excluding carboxylic acids is 4. The van der Waals surface area contributed by atoms with Crippen molar-refractivity contribution >= 4 is 46.2 Å². The van der Waals surface area contributed by atoms with E-state index in [0.717, 1.165) is 12.8 Å². The number of benzene rings is 4. The molecule has 0 unspecified atom stereocenters. The number of imide groups is 2. The number of methoxy groups -OCH3 is 1. The van der Waals surface area contributed by atoms with Crippen molar-refractivity contribution in [3.63, 3.8) is 0 Å². The first-order valence-corrected chi connectivity index (χ1v) is 22.5. The molecule has 1 N–H and O–H groups in total. The zero-order valence-electron chi connectivity index (χ0n) is 37.5. The number of piperidine rings is 1. The van der Waals surface area contributed by atoms with E-state index < -0.39 is 36.4 Å². The molecule has 4 aliphatic rings. The van der Waals surface area contributed by atoms with Crippen LogP contribution in [0.3, 0.4) is 0 Å². The number of nitriles is 1. The third-order valence-electron chi connectivity index (χ3n) is 13.2. The Balaban J connectivity index is 0.780. The van der Waals surface area contributed by atoms with Gasteiger partial charge in [0, 0.05) is 69.3 Å². The second kappa shape index (κ2) is 18.6. The highest BCUT2D eigenvalue weighted by molar-refractivity contribution is 6.24. The highest BCUT2D eigenvalue weighted by atomic mass is 19.3. The molecule has 9 rings (SSSR count). The summed E-state index contributed by atoms with van der Waals surface area (Å²) in [5, 5.41) is 17.3. The summed E-state index contributed by atoms with van der Waals surface area (Å²) >= 11 is 0. The zero-order valence-corrected chi connectivity index (χ0v) is 37.5. The van der Waals surface area contributed by atoms with Crippen LogP contribution < -0.4 is 29.3 Å². The summed E-state index contributed by atoms with van der Waals surface area (Å²) in [5.41, 5.74) is 2.51. The molecule has 67 heavy (non-hydrogen) atoms. The molecule has 5 heterocycles. The third kappa shape index (κ3) is 8.84. The average Bonchev–Trinajstić information content (AvgIpc) is 3.79. The summed E-state index contributed by atoms with van der Waals surface area (Å²) in [6.07, 6.45) is 1.57. The number of carbonyl (C=O) groups is 4. The Labute approximate surface area is 386 Å². The molecule has 3 fully saturated rings. The van der Waals surface area contributed by atoms with Gasteiger partial charge in [0.15, 0.2) is 17.3 Å². The van der Waals surface area contributed by atoms with E-state index >= 15 is 8.78 Å². The molecular weight excluding hydrogens is 865 g/mol. The largest absolute Gasteiger partial charge is 0.493 e. The minimum Gasteiger partial charge on any atom is -0.493 e. The number of nitrogens with one attached hydrogen (secondary N) is 1. The number of amides is 5. The van der Waals surface area contributed by atoms with E-state index in [-0.39, 0.29) is 36.9 Å². The van der Waals surface area contributed by atoms with E-state index in [2.05, 4.69) is 26.3 Å². The van der Waals surface area contributed by atoms with Crippen LogP contribution in [0.1, 0.15) is 70.5 Å². The van der Waals surface area contributed by atoms with Crippen LogP contribution in [0.5, 0.6) is 23.0 Å². The molecule has 18 heteroatoms. The Morgan fingerprint density at radius 3 is 2.33 bits per heavy atom. The van der Waals surface area contributed by atoms with Crippen molar-refractivity contribution in [1.29, 1.82) is 5.26 Å². The molecule has 0 spiro atoms. The molecule has 5 amide bonds. The number of piperazine rings is 1. The van der Waals surface area contributed by atoms with Crippen LogP contribution in [-0.2, 0) is 17.8 Å². The molecule has 348 valence electrons. The Morgan fingerprint density at radius 1 is 0.881 bits per heavy atom. The lowest BCUT2D eigenvalue weighted by molar-refractivity contribution is -0.120. The summed E-state index contributed by atoms with van der Waals surface area (Å²) in [7, 11) is 3.27. The summed E-state index contributed by atoms with van der Waals surface area (Å²) in [6, 6.07) is 22.6. The van der Waals surface area contributed by atoms with Crippen LogP contribution in [0, 0.1) is 11.3 Å². The summed E-state index contributed by atoms with van der Waals surface area (Å²) < 4.78 is 50.4. The molecule has 5 aromatic rings. The Hall–Kier alpha value is -7.10. The van der Waals surface area contributed by atoms with Crippen molar-refractivity contribution in [3.8, 4) is 29.1 Å². The molecule has 4 aliphatic heterocycles. The molecule has 0 bridgehead atoms. The van der Waals surface area contributed by atoms with Gasteiger partial charge in [0.05, 0.1) is 61.1 Å². The van der Waals surface area contributed by atoms with Crippen molar-refractivity contribution < 1.29 is 42.2 Å². The van der Waals surface area contributed by atoms with E-state index in [9.17, 15) is 24.4 Å². The number of aromatic nitrogens is 2. The van der Waals surface area contributed by atoms with Crippen molar-refractivity contribution in [2.24, 2.45) is 7.05 Å². The lowest BCUT2D eigenvalue weighted by atomic mass is 10.00. The molecule has 0 aliphatic carbocycles. The smallest absolute Gasteiger partial charge is 0.329 e. The third-order valence-corrected chi connectivity index (χ3v) is 13.2. The number of nitrogens with zero attached hydrogens (tertiary/aromatic N) is 8. The normalized spacial score (nSPS) is 18.0. The number of urea groups is 1. The first-order chi connectivity index (χ1) is 32.4. The van der Waals surface area contributed by atoms with Gasteiger partial charge in [-0.3, -0.25) is 44.0 Å². The number of hydrogen-bond donors (Lipinski definition) is 1. The maximum Gasteiger partial charge on any atom is 0.329 e. The van der Waals surface area contributed by atoms with Crippen molar-refractivity contribution in [1.82, 2.24) is 29.8 Å². The van der Waals surface area contributed by atoms with Gasteiger partial charge in [0.25, 0.3) is 17.7 Å². The average molecular weight is 916 g/mol. The number of aryl methyl sites for hydroxylation is 1. The summed E-state index contributed by atoms with van der Waals surface area (Å²) in [4.78, 5) is 61.2. The second-order valence-electron chi connectivity index (χ2n) is 17.1. The molecule has 1 atom stereocenters. The van der Waals surface area contributed by atoms with Gasteiger partial charge in [0.1, 0.15) is 11.5 Å². The second-order valence-corrected chi connectivity index (χ2v) is 17.1. The zero-order chi connectivity index (χ0) is 47.0. The fourth-order valence-electron chi connectivity index (χ4n) is 9.74. The van der Waals surface area contributed by atoms with E-state index in [1.165, 1.54) is 41.2 Å². The first-order valence-electron chi connectivity index (χ1n) is 22.5. The van der Waals surface area contributed by atoms with E-state index in [1.54, 1.807) is 60.3 Å². The number of ether oxygens (including phenoxy) is 3. The lowest BCUT2D eigenvalue weighted by Gasteiger charge is -2.44. The lowest BCUT2D eigenvalue weighted by Crippen LogP contribution is -2.54. The molecule has 4 aromatic carbocycles. The minimum atomic E-state index is -3.09. The minimum absolute atomic E-state index is 0.0953. The summed E-state index contributed by atoms with van der Waals surface area (Å²) in [5.74, 6) is -2.06. The topological polar surface area (TPSA) is 166 Å². The first kappa shape index (κ1) is 45.1. The molecule has 1 aromatic heterocycles. The van der Waals surface area contributed by atoms with Crippen LogP contribution in [0.25, 0.3) is 10.9 Å². The standard InChI is InChI=1S/C49H51F2N9O7/c1-4-66-42-28-31(8-15-41(42)65-3)38(16-20-52)60-46(62)37-6-5-7-39(44(37)47(60)63)58-26-24-57(25-27-58)33-17-21-56(22-18-33)30-49(50,51)32-9-11-34(12-10-32)67-35-13-14-36-40(29-35)55(2)54-45(36)59-23-19-43(61)53-48(59)64/h5-15,28-29,33,38H,4,16-19,21-27,30H2,1-3H3,(H,53,61,64)/t38-/m1/s1. The van der Waals surface area contributed by atoms with Crippen LogP contribution in [-0.4, -0.2) is 120 Å². The Morgan fingerprint density at radius 2 is 1.63 bits per heavy atom. The van der Waals surface area contributed by atoms with Crippen LogP contribution >= 0.6 is 0 Å².